The minimum Gasteiger partial charge on any atom is -0.506 e. The zero-order chi connectivity index (χ0) is 22.8. The number of hydrogen-bond donors (Lipinski definition) is 2. The van der Waals surface area contributed by atoms with E-state index in [1.54, 1.807) is 41.0 Å². The second-order valence-electron chi connectivity index (χ2n) is 7.47. The largest absolute Gasteiger partial charge is 0.506 e. The van der Waals surface area contributed by atoms with Gasteiger partial charge in [-0.3, -0.25) is 14.9 Å². The van der Waals surface area contributed by atoms with E-state index in [9.17, 15) is 14.7 Å². The molecule has 9 heteroatoms. The van der Waals surface area contributed by atoms with Crippen molar-refractivity contribution in [3.63, 3.8) is 0 Å². The van der Waals surface area contributed by atoms with Gasteiger partial charge in [-0.2, -0.15) is 0 Å². The van der Waals surface area contributed by atoms with E-state index >= 15 is 0 Å². The molecular formula is C23H21Cl2N3O3S. The summed E-state index contributed by atoms with van der Waals surface area (Å²) in [7, 11) is 0. The first kappa shape index (κ1) is 22.6. The third kappa shape index (κ3) is 4.33. The number of pyridine rings is 1. The molecule has 0 unspecified atom stereocenters. The molecule has 2 N–H and O–H groups in total. The van der Waals surface area contributed by atoms with Crippen molar-refractivity contribution in [1.82, 2.24) is 9.55 Å². The Hall–Kier alpha value is -2.61. The average Bonchev–Trinajstić information content (AvgIpc) is 3.15. The Labute approximate surface area is 198 Å². The number of unbranched alkanes of at least 4 members (excludes halogenated alkanes) is 3. The van der Waals surface area contributed by atoms with Crippen LogP contribution in [0.4, 0.5) is 5.13 Å². The average molecular weight is 490 g/mol. The Morgan fingerprint density at radius 3 is 2.75 bits per heavy atom. The maximum absolute atomic E-state index is 13.3. The van der Waals surface area contributed by atoms with Crippen molar-refractivity contribution in [3.8, 4) is 5.75 Å². The van der Waals surface area contributed by atoms with Crippen LogP contribution in [0.15, 0.2) is 41.2 Å². The summed E-state index contributed by atoms with van der Waals surface area (Å²) in [6.07, 6.45) is 3.94. The molecule has 0 saturated heterocycles. The number of nitrogens with one attached hydrogen (secondary N) is 1. The van der Waals surface area contributed by atoms with Crippen molar-refractivity contribution in [2.75, 3.05) is 5.32 Å². The number of amides is 1. The van der Waals surface area contributed by atoms with Gasteiger partial charge >= 0.3 is 0 Å². The standard InChI is InChI=1S/C23H21Cl2N3O3S/c1-2-3-4-7-10-28-16-9-6-5-8-14(16)20(29)18(22(28)31)21(30)27-23-26-19-15(25)11-13(24)12-17(19)32-23/h5-6,8-9,11-12,29H,2-4,7,10H2,1H3,(H,26,27,30). The Balaban J connectivity index is 1.74. The minimum atomic E-state index is -0.721. The fourth-order valence-electron chi connectivity index (χ4n) is 3.68. The summed E-state index contributed by atoms with van der Waals surface area (Å²) in [5, 5.41) is 15.0. The molecule has 6 nitrogen and oxygen atoms in total. The summed E-state index contributed by atoms with van der Waals surface area (Å²) >= 11 is 13.4. The van der Waals surface area contributed by atoms with Crippen LogP contribution >= 0.6 is 34.5 Å². The first-order valence-electron chi connectivity index (χ1n) is 10.3. The molecule has 0 aliphatic heterocycles. The first-order chi connectivity index (χ1) is 15.4. The van der Waals surface area contributed by atoms with Gasteiger partial charge in [0.2, 0.25) is 0 Å². The zero-order valence-electron chi connectivity index (χ0n) is 17.3. The van der Waals surface area contributed by atoms with Gasteiger partial charge in [0.05, 0.1) is 15.2 Å². The van der Waals surface area contributed by atoms with E-state index in [1.165, 1.54) is 11.3 Å². The van der Waals surface area contributed by atoms with Crippen molar-refractivity contribution >= 4 is 66.7 Å². The number of aromatic nitrogens is 2. The molecule has 0 aliphatic carbocycles. The lowest BCUT2D eigenvalue weighted by molar-refractivity contribution is 0.102. The fourth-order valence-corrected chi connectivity index (χ4v) is 5.27. The number of rotatable bonds is 7. The molecule has 0 fully saturated rings. The van der Waals surface area contributed by atoms with Crippen molar-refractivity contribution in [2.24, 2.45) is 0 Å². The number of halogens is 2. The molecule has 4 rings (SSSR count). The van der Waals surface area contributed by atoms with Gasteiger partial charge in [-0.05, 0) is 30.7 Å². The predicted octanol–water partition coefficient (Wildman–Crippen LogP) is 6.46. The van der Waals surface area contributed by atoms with E-state index in [0.29, 0.717) is 37.7 Å². The Bertz CT molecular complexity index is 1380. The van der Waals surface area contributed by atoms with Crippen molar-refractivity contribution in [1.29, 1.82) is 0 Å². The monoisotopic (exact) mass is 489 g/mol. The van der Waals surface area contributed by atoms with Gasteiger partial charge in [0.1, 0.15) is 16.8 Å². The summed E-state index contributed by atoms with van der Waals surface area (Å²) in [6, 6.07) is 10.3. The van der Waals surface area contributed by atoms with Gasteiger partial charge in [0, 0.05) is 17.0 Å². The maximum Gasteiger partial charge on any atom is 0.267 e. The van der Waals surface area contributed by atoms with Gasteiger partial charge in [-0.15, -0.1) is 0 Å². The number of carbonyl (C=O) groups is 1. The Morgan fingerprint density at radius 1 is 1.19 bits per heavy atom. The number of nitrogens with zero attached hydrogens (tertiary/aromatic N) is 2. The molecular weight excluding hydrogens is 469 g/mol. The first-order valence-corrected chi connectivity index (χ1v) is 11.9. The van der Waals surface area contributed by atoms with E-state index in [-0.39, 0.29) is 16.4 Å². The SMILES string of the molecule is CCCCCCn1c(=O)c(C(=O)Nc2nc3c(Cl)cc(Cl)cc3s2)c(O)c2ccccc21. The summed E-state index contributed by atoms with van der Waals surface area (Å²) in [5.74, 6) is -1.06. The number of benzene rings is 2. The normalized spacial score (nSPS) is 11.3. The highest BCUT2D eigenvalue weighted by Gasteiger charge is 2.23. The number of fused-ring (bicyclic) bond motifs is 2. The molecule has 0 saturated carbocycles. The van der Waals surface area contributed by atoms with Crippen molar-refractivity contribution < 1.29 is 9.90 Å². The van der Waals surface area contributed by atoms with Gasteiger partial charge in [-0.1, -0.05) is 72.9 Å². The van der Waals surface area contributed by atoms with Crippen LogP contribution in [0.2, 0.25) is 10.0 Å². The van der Waals surface area contributed by atoms with Gasteiger partial charge in [-0.25, -0.2) is 4.98 Å². The van der Waals surface area contributed by atoms with E-state index in [2.05, 4.69) is 17.2 Å². The van der Waals surface area contributed by atoms with Crippen LogP contribution in [0.3, 0.4) is 0 Å². The zero-order valence-corrected chi connectivity index (χ0v) is 19.7. The van der Waals surface area contributed by atoms with Gasteiger partial charge < -0.3 is 9.67 Å². The number of thiazole rings is 1. The number of anilines is 1. The topological polar surface area (TPSA) is 84.2 Å². The van der Waals surface area contributed by atoms with Gasteiger partial charge in [0.15, 0.2) is 5.13 Å². The molecule has 1 amide bonds. The maximum atomic E-state index is 13.3. The summed E-state index contributed by atoms with van der Waals surface area (Å²) < 4.78 is 2.27. The quantitative estimate of drug-likeness (QED) is 0.292. The third-order valence-electron chi connectivity index (χ3n) is 5.24. The summed E-state index contributed by atoms with van der Waals surface area (Å²) in [4.78, 5) is 30.7. The molecule has 0 atom stereocenters. The smallest absolute Gasteiger partial charge is 0.267 e. The van der Waals surface area contributed by atoms with Gasteiger partial charge in [0.25, 0.3) is 11.5 Å². The van der Waals surface area contributed by atoms with Crippen LogP contribution in [0.1, 0.15) is 43.0 Å². The molecule has 2 aromatic carbocycles. The van der Waals surface area contributed by atoms with E-state index in [0.717, 1.165) is 25.7 Å². The third-order valence-corrected chi connectivity index (χ3v) is 6.67. The Kier molecular flexibility index (Phi) is 6.69. The molecule has 0 spiro atoms. The van der Waals surface area contributed by atoms with Crippen LogP contribution < -0.4 is 10.9 Å². The number of aryl methyl sites for hydroxylation is 1. The number of para-hydroxylation sites is 1. The van der Waals surface area contributed by atoms with E-state index < -0.39 is 11.5 Å². The highest BCUT2D eigenvalue weighted by Crippen LogP contribution is 2.34. The molecule has 32 heavy (non-hydrogen) atoms. The molecule has 2 aromatic heterocycles. The van der Waals surface area contributed by atoms with E-state index in [1.807, 2.05) is 0 Å². The summed E-state index contributed by atoms with van der Waals surface area (Å²) in [6.45, 7) is 2.59. The van der Waals surface area contributed by atoms with Crippen LogP contribution in [0, 0.1) is 0 Å². The summed E-state index contributed by atoms with van der Waals surface area (Å²) in [5.41, 5.74) is 0.275. The predicted molar refractivity (Wildman–Crippen MR) is 132 cm³/mol. The molecule has 2 heterocycles. The molecule has 166 valence electrons. The number of carbonyl (C=O) groups excluding carboxylic acids is 1. The lowest BCUT2D eigenvalue weighted by Crippen LogP contribution is -2.30. The second-order valence-corrected chi connectivity index (χ2v) is 9.34. The van der Waals surface area contributed by atoms with Crippen LogP contribution in [-0.2, 0) is 6.54 Å². The van der Waals surface area contributed by atoms with Crippen molar-refractivity contribution in [3.05, 3.63) is 62.4 Å². The molecule has 0 bridgehead atoms. The minimum absolute atomic E-state index is 0.260. The highest BCUT2D eigenvalue weighted by molar-refractivity contribution is 7.22. The van der Waals surface area contributed by atoms with Crippen LogP contribution in [0.5, 0.6) is 5.75 Å². The van der Waals surface area contributed by atoms with E-state index in [4.69, 9.17) is 23.2 Å². The fraction of sp³-hybridized carbons (Fsp3) is 0.261. The number of hydrogen-bond acceptors (Lipinski definition) is 5. The highest BCUT2D eigenvalue weighted by atomic mass is 35.5. The van der Waals surface area contributed by atoms with Crippen LogP contribution in [-0.4, -0.2) is 20.6 Å². The second kappa shape index (κ2) is 9.48. The molecule has 4 aromatic rings. The van der Waals surface area contributed by atoms with Crippen LogP contribution in [0.25, 0.3) is 21.1 Å². The molecule has 0 aliphatic rings. The molecule has 0 radical (unpaired) electrons. The number of aromatic hydroxyl groups is 1. The lowest BCUT2D eigenvalue weighted by Gasteiger charge is -2.14. The van der Waals surface area contributed by atoms with Crippen molar-refractivity contribution in [2.45, 2.75) is 39.2 Å². The Morgan fingerprint density at radius 2 is 1.97 bits per heavy atom. The lowest BCUT2D eigenvalue weighted by atomic mass is 10.1.